The lowest BCUT2D eigenvalue weighted by molar-refractivity contribution is 0.0783. The first-order valence-electron chi connectivity index (χ1n) is 6.28. The molecular weight excluding hydrogens is 228 g/mol. The van der Waals surface area contributed by atoms with Gasteiger partial charge in [0.15, 0.2) is 5.58 Å². The van der Waals surface area contributed by atoms with Crippen LogP contribution in [0.4, 0.5) is 0 Å². The van der Waals surface area contributed by atoms with Crippen molar-refractivity contribution in [3.63, 3.8) is 0 Å². The van der Waals surface area contributed by atoms with Gasteiger partial charge in [0.25, 0.3) is 5.91 Å². The first kappa shape index (κ1) is 11.1. The van der Waals surface area contributed by atoms with Crippen molar-refractivity contribution < 1.29 is 9.21 Å². The van der Waals surface area contributed by atoms with Crippen LogP contribution in [0.5, 0.6) is 0 Å². The highest BCUT2D eigenvalue weighted by molar-refractivity contribution is 5.97. The Kier molecular flexibility index (Phi) is 2.70. The minimum absolute atomic E-state index is 0.0979. The predicted molar refractivity (Wildman–Crippen MR) is 69.5 cm³/mol. The van der Waals surface area contributed by atoms with Crippen molar-refractivity contribution in [3.05, 3.63) is 36.7 Å². The molecule has 0 radical (unpaired) electrons. The van der Waals surface area contributed by atoms with E-state index in [0.717, 1.165) is 37.0 Å². The van der Waals surface area contributed by atoms with E-state index in [1.807, 2.05) is 21.6 Å². The standard InChI is InChI=1S/C14H16N2O2/c1-2-6-16-11-5-9-18-13(11)10-12(16)14(17)15-7-3-4-8-15/h2,5,9-10H,1,3-4,6-8H2. The van der Waals surface area contributed by atoms with Crippen molar-refractivity contribution in [3.8, 4) is 0 Å². The summed E-state index contributed by atoms with van der Waals surface area (Å²) in [5, 5.41) is 0. The molecule has 4 nitrogen and oxygen atoms in total. The van der Waals surface area contributed by atoms with Gasteiger partial charge in [-0.25, -0.2) is 0 Å². The average molecular weight is 244 g/mol. The molecule has 1 aliphatic heterocycles. The lowest BCUT2D eigenvalue weighted by atomic mass is 10.3. The molecule has 1 saturated heterocycles. The second-order valence-corrected chi connectivity index (χ2v) is 4.60. The minimum Gasteiger partial charge on any atom is -0.463 e. The van der Waals surface area contributed by atoms with Gasteiger partial charge in [0.05, 0.1) is 11.8 Å². The zero-order valence-corrected chi connectivity index (χ0v) is 10.3. The van der Waals surface area contributed by atoms with Crippen LogP contribution in [0.25, 0.3) is 11.1 Å². The maximum Gasteiger partial charge on any atom is 0.270 e. The van der Waals surface area contributed by atoms with Crippen molar-refractivity contribution in [1.29, 1.82) is 0 Å². The Bertz CT molecular complexity index is 588. The van der Waals surface area contributed by atoms with Crippen LogP contribution in [0.2, 0.25) is 0 Å². The predicted octanol–water partition coefficient (Wildman–Crippen LogP) is 2.66. The Labute approximate surface area is 105 Å². The number of likely N-dealkylation sites (tertiary alicyclic amines) is 1. The molecule has 4 heteroatoms. The van der Waals surface area contributed by atoms with E-state index in [1.165, 1.54) is 0 Å². The fourth-order valence-electron chi connectivity index (χ4n) is 2.56. The van der Waals surface area contributed by atoms with Crippen LogP contribution in [-0.4, -0.2) is 28.5 Å². The number of aromatic nitrogens is 1. The fourth-order valence-corrected chi connectivity index (χ4v) is 2.56. The summed E-state index contributed by atoms with van der Waals surface area (Å²) >= 11 is 0. The quantitative estimate of drug-likeness (QED) is 0.778. The molecular formula is C14H16N2O2. The lowest BCUT2D eigenvalue weighted by Crippen LogP contribution is -2.29. The third kappa shape index (κ3) is 1.65. The molecule has 2 aromatic heterocycles. The topological polar surface area (TPSA) is 38.4 Å². The third-order valence-electron chi connectivity index (χ3n) is 3.45. The van der Waals surface area contributed by atoms with Crippen LogP contribution in [0.1, 0.15) is 23.3 Å². The molecule has 0 spiro atoms. The third-order valence-corrected chi connectivity index (χ3v) is 3.45. The van der Waals surface area contributed by atoms with Gasteiger partial charge in [-0.15, -0.1) is 6.58 Å². The van der Waals surface area contributed by atoms with E-state index in [0.29, 0.717) is 12.2 Å². The van der Waals surface area contributed by atoms with Gasteiger partial charge in [-0.1, -0.05) is 6.08 Å². The van der Waals surface area contributed by atoms with E-state index in [-0.39, 0.29) is 5.91 Å². The Morgan fingerprint density at radius 2 is 2.22 bits per heavy atom. The van der Waals surface area contributed by atoms with Crippen molar-refractivity contribution in [1.82, 2.24) is 9.47 Å². The van der Waals surface area contributed by atoms with Crippen LogP contribution in [0.3, 0.4) is 0 Å². The van der Waals surface area contributed by atoms with E-state index in [1.54, 1.807) is 12.3 Å². The maximum absolute atomic E-state index is 12.4. The van der Waals surface area contributed by atoms with Crippen molar-refractivity contribution in [2.75, 3.05) is 13.1 Å². The van der Waals surface area contributed by atoms with Gasteiger partial charge in [0.2, 0.25) is 0 Å². The van der Waals surface area contributed by atoms with E-state index in [9.17, 15) is 4.79 Å². The number of amides is 1. The van der Waals surface area contributed by atoms with E-state index < -0.39 is 0 Å². The number of carbonyl (C=O) groups is 1. The van der Waals surface area contributed by atoms with Gasteiger partial charge in [-0.05, 0) is 12.8 Å². The summed E-state index contributed by atoms with van der Waals surface area (Å²) in [5.41, 5.74) is 2.42. The average Bonchev–Trinajstić information content (AvgIpc) is 3.06. The van der Waals surface area contributed by atoms with Gasteiger partial charge in [-0.2, -0.15) is 0 Å². The summed E-state index contributed by atoms with van der Waals surface area (Å²) in [6.45, 7) is 6.09. The number of nitrogens with zero attached hydrogens (tertiary/aromatic N) is 2. The number of fused-ring (bicyclic) bond motifs is 1. The molecule has 0 aromatic carbocycles. The number of allylic oxidation sites excluding steroid dienone is 1. The number of furan rings is 1. The molecule has 1 aliphatic rings. The number of carbonyl (C=O) groups excluding carboxylic acids is 1. The van der Waals surface area contributed by atoms with Crippen LogP contribution in [0, 0.1) is 0 Å². The van der Waals surface area contributed by atoms with E-state index in [4.69, 9.17) is 4.42 Å². The highest BCUT2D eigenvalue weighted by atomic mass is 16.3. The Morgan fingerprint density at radius 1 is 1.44 bits per heavy atom. The van der Waals surface area contributed by atoms with Crippen molar-refractivity contribution in [2.24, 2.45) is 0 Å². The summed E-state index contributed by atoms with van der Waals surface area (Å²) in [4.78, 5) is 14.3. The summed E-state index contributed by atoms with van der Waals surface area (Å²) < 4.78 is 7.34. The highest BCUT2D eigenvalue weighted by Crippen LogP contribution is 2.23. The molecule has 94 valence electrons. The van der Waals surface area contributed by atoms with E-state index >= 15 is 0 Å². The van der Waals surface area contributed by atoms with E-state index in [2.05, 4.69) is 6.58 Å². The molecule has 18 heavy (non-hydrogen) atoms. The van der Waals surface area contributed by atoms with Crippen LogP contribution in [-0.2, 0) is 6.54 Å². The van der Waals surface area contributed by atoms with Crippen LogP contribution < -0.4 is 0 Å². The smallest absolute Gasteiger partial charge is 0.270 e. The molecule has 3 rings (SSSR count). The Hall–Kier alpha value is -1.97. The van der Waals surface area contributed by atoms with Crippen LogP contribution >= 0.6 is 0 Å². The molecule has 2 aromatic rings. The van der Waals surface area contributed by atoms with Gasteiger partial charge in [-0.3, -0.25) is 4.79 Å². The largest absolute Gasteiger partial charge is 0.463 e. The second kappa shape index (κ2) is 4.37. The molecule has 0 N–H and O–H groups in total. The zero-order chi connectivity index (χ0) is 12.5. The lowest BCUT2D eigenvalue weighted by Gasteiger charge is -2.16. The van der Waals surface area contributed by atoms with Crippen molar-refractivity contribution >= 4 is 17.0 Å². The summed E-state index contributed by atoms with van der Waals surface area (Å²) in [6.07, 6.45) is 5.65. The molecule has 1 fully saturated rings. The summed E-state index contributed by atoms with van der Waals surface area (Å²) in [5.74, 6) is 0.0979. The van der Waals surface area contributed by atoms with Crippen molar-refractivity contribution in [2.45, 2.75) is 19.4 Å². The fraction of sp³-hybridized carbons (Fsp3) is 0.357. The normalized spacial score (nSPS) is 15.4. The molecule has 0 saturated carbocycles. The minimum atomic E-state index is 0.0979. The first-order chi connectivity index (χ1) is 8.81. The summed E-state index contributed by atoms with van der Waals surface area (Å²) in [7, 11) is 0. The molecule has 0 aliphatic carbocycles. The summed E-state index contributed by atoms with van der Waals surface area (Å²) in [6, 6.07) is 3.72. The first-order valence-corrected chi connectivity index (χ1v) is 6.28. The molecule has 3 heterocycles. The Balaban J connectivity index is 2.03. The zero-order valence-electron chi connectivity index (χ0n) is 10.3. The molecule has 1 amide bonds. The monoisotopic (exact) mass is 244 g/mol. The number of hydrogen-bond donors (Lipinski definition) is 0. The van der Waals surface area contributed by atoms with Crippen LogP contribution in [0.15, 0.2) is 35.5 Å². The van der Waals surface area contributed by atoms with Gasteiger partial charge in [0.1, 0.15) is 5.69 Å². The molecule has 0 atom stereocenters. The second-order valence-electron chi connectivity index (χ2n) is 4.60. The van der Waals surface area contributed by atoms with Gasteiger partial charge >= 0.3 is 0 Å². The Morgan fingerprint density at radius 3 is 2.94 bits per heavy atom. The van der Waals surface area contributed by atoms with Gasteiger partial charge in [0, 0.05) is 31.8 Å². The van der Waals surface area contributed by atoms with Gasteiger partial charge < -0.3 is 13.9 Å². The molecule has 0 bridgehead atoms. The molecule has 0 unspecified atom stereocenters. The number of hydrogen-bond acceptors (Lipinski definition) is 2. The SMILES string of the molecule is C=CCn1c(C(=O)N2CCCC2)cc2occc21. The maximum atomic E-state index is 12.4. The highest BCUT2D eigenvalue weighted by Gasteiger charge is 2.24. The number of rotatable bonds is 3.